The molecule has 0 saturated heterocycles. The summed E-state index contributed by atoms with van der Waals surface area (Å²) < 4.78 is 5.13. The lowest BCUT2D eigenvalue weighted by atomic mass is 9.97. The summed E-state index contributed by atoms with van der Waals surface area (Å²) in [5.74, 6) is 0.569. The summed E-state index contributed by atoms with van der Waals surface area (Å²) in [6.07, 6.45) is 2.47. The van der Waals surface area contributed by atoms with Crippen LogP contribution in [0.1, 0.15) is 31.7 Å². The minimum atomic E-state index is -0.824. The summed E-state index contributed by atoms with van der Waals surface area (Å²) in [5.41, 5.74) is 0.105. The van der Waals surface area contributed by atoms with Gasteiger partial charge >= 0.3 is 6.09 Å². The number of alkyl carbamates (subject to hydrolysis) is 1. The molecule has 1 N–H and O–H groups in total. The van der Waals surface area contributed by atoms with Crippen molar-refractivity contribution in [3.05, 3.63) is 35.9 Å². The van der Waals surface area contributed by atoms with Gasteiger partial charge in [0.25, 0.3) is 0 Å². The third-order valence-electron chi connectivity index (χ3n) is 3.23. The third kappa shape index (κ3) is 4.29. The maximum Gasteiger partial charge on any atom is 0.408 e. The van der Waals surface area contributed by atoms with Gasteiger partial charge in [-0.15, -0.1) is 0 Å². The van der Waals surface area contributed by atoms with E-state index in [-0.39, 0.29) is 6.61 Å². The van der Waals surface area contributed by atoms with E-state index in [4.69, 9.17) is 4.74 Å². The Balaban J connectivity index is 1.81. The Morgan fingerprint density at radius 2 is 2.16 bits per heavy atom. The number of nitrogens with one attached hydrogen (secondary N) is 1. The van der Waals surface area contributed by atoms with E-state index < -0.39 is 11.6 Å². The minimum absolute atomic E-state index is 0.220. The first kappa shape index (κ1) is 13.4. The van der Waals surface area contributed by atoms with Crippen LogP contribution in [0.25, 0.3) is 0 Å². The number of rotatable bonds is 5. The lowest BCUT2D eigenvalue weighted by Gasteiger charge is -2.22. The average molecular weight is 258 g/mol. The fourth-order valence-corrected chi connectivity index (χ4v) is 2.01. The number of ether oxygens (including phenoxy) is 1. The van der Waals surface area contributed by atoms with Gasteiger partial charge in [-0.3, -0.25) is 0 Å². The van der Waals surface area contributed by atoms with Gasteiger partial charge < -0.3 is 10.1 Å². The highest BCUT2D eigenvalue weighted by Gasteiger charge is 2.35. The van der Waals surface area contributed by atoms with Crippen molar-refractivity contribution in [1.29, 1.82) is 5.26 Å². The van der Waals surface area contributed by atoms with E-state index >= 15 is 0 Å². The van der Waals surface area contributed by atoms with Gasteiger partial charge in [0.2, 0.25) is 0 Å². The largest absolute Gasteiger partial charge is 0.445 e. The Kier molecular flexibility index (Phi) is 4.06. The summed E-state index contributed by atoms with van der Waals surface area (Å²) >= 11 is 0. The molecule has 0 radical (unpaired) electrons. The van der Waals surface area contributed by atoms with Crippen LogP contribution in [0, 0.1) is 17.2 Å². The molecule has 4 nitrogen and oxygen atoms in total. The highest BCUT2D eigenvalue weighted by atomic mass is 16.5. The van der Waals surface area contributed by atoms with Crippen molar-refractivity contribution < 1.29 is 9.53 Å². The molecule has 4 heteroatoms. The molecule has 0 heterocycles. The van der Waals surface area contributed by atoms with E-state index in [2.05, 4.69) is 11.4 Å². The molecule has 19 heavy (non-hydrogen) atoms. The number of hydrogen-bond acceptors (Lipinski definition) is 3. The van der Waals surface area contributed by atoms with Gasteiger partial charge in [-0.2, -0.15) is 5.26 Å². The molecule has 100 valence electrons. The molecule has 1 fully saturated rings. The Hall–Kier alpha value is -2.02. The third-order valence-corrected chi connectivity index (χ3v) is 3.23. The van der Waals surface area contributed by atoms with Crippen molar-refractivity contribution in [2.75, 3.05) is 0 Å². The lowest BCUT2D eigenvalue weighted by Crippen LogP contribution is -2.45. The molecule has 1 unspecified atom stereocenters. The highest BCUT2D eigenvalue weighted by molar-refractivity contribution is 5.68. The predicted octanol–water partition coefficient (Wildman–Crippen LogP) is 3.00. The van der Waals surface area contributed by atoms with Crippen LogP contribution in [0.3, 0.4) is 0 Å². The minimum Gasteiger partial charge on any atom is -0.445 e. The van der Waals surface area contributed by atoms with E-state index in [9.17, 15) is 10.1 Å². The lowest BCUT2D eigenvalue weighted by molar-refractivity contribution is 0.131. The van der Waals surface area contributed by atoms with E-state index in [1.165, 1.54) is 0 Å². The molecular weight excluding hydrogens is 240 g/mol. The Labute approximate surface area is 113 Å². The van der Waals surface area contributed by atoms with E-state index in [1.807, 2.05) is 30.3 Å². The molecule has 0 spiro atoms. The maximum absolute atomic E-state index is 11.7. The van der Waals surface area contributed by atoms with Crippen LogP contribution in [0.5, 0.6) is 0 Å². The number of nitrogens with zero attached hydrogens (tertiary/aromatic N) is 1. The summed E-state index contributed by atoms with van der Waals surface area (Å²) in [6.45, 7) is 1.96. The number of hydrogen-bond donors (Lipinski definition) is 1. The fraction of sp³-hybridized carbons (Fsp3) is 0.467. The number of carbonyl (C=O) groups is 1. The maximum atomic E-state index is 11.7. The van der Waals surface area contributed by atoms with E-state index in [0.717, 1.165) is 18.4 Å². The second-order valence-electron chi connectivity index (χ2n) is 5.28. The van der Waals surface area contributed by atoms with Gasteiger partial charge in [0.05, 0.1) is 6.07 Å². The molecule has 0 bridgehead atoms. The molecule has 1 amide bonds. The quantitative estimate of drug-likeness (QED) is 0.883. The van der Waals surface area contributed by atoms with Crippen molar-refractivity contribution in [2.45, 2.75) is 38.3 Å². The van der Waals surface area contributed by atoms with Crippen LogP contribution in [0.15, 0.2) is 30.3 Å². The number of nitriles is 1. The van der Waals surface area contributed by atoms with Gasteiger partial charge in [0.15, 0.2) is 0 Å². The molecule has 1 aliphatic carbocycles. The second-order valence-corrected chi connectivity index (χ2v) is 5.28. The summed E-state index contributed by atoms with van der Waals surface area (Å²) in [5, 5.41) is 11.8. The van der Waals surface area contributed by atoms with Crippen LogP contribution in [0.2, 0.25) is 0 Å². The van der Waals surface area contributed by atoms with Crippen molar-refractivity contribution in [1.82, 2.24) is 5.32 Å². The van der Waals surface area contributed by atoms with Crippen LogP contribution < -0.4 is 5.32 Å². The van der Waals surface area contributed by atoms with Gasteiger partial charge in [-0.1, -0.05) is 43.2 Å². The van der Waals surface area contributed by atoms with Crippen LogP contribution in [0.4, 0.5) is 4.79 Å². The number of amides is 1. The van der Waals surface area contributed by atoms with E-state index in [0.29, 0.717) is 12.3 Å². The fourth-order valence-electron chi connectivity index (χ4n) is 2.01. The van der Waals surface area contributed by atoms with Crippen LogP contribution >= 0.6 is 0 Å². The van der Waals surface area contributed by atoms with Gasteiger partial charge in [0, 0.05) is 0 Å². The smallest absolute Gasteiger partial charge is 0.408 e. The van der Waals surface area contributed by atoms with Crippen LogP contribution in [-0.4, -0.2) is 11.6 Å². The second kappa shape index (κ2) is 5.75. The van der Waals surface area contributed by atoms with Crippen molar-refractivity contribution in [3.8, 4) is 6.07 Å². The summed E-state index contributed by atoms with van der Waals surface area (Å²) in [6, 6.07) is 11.6. The Bertz CT molecular complexity index is 477. The standard InChI is InChI=1S/C15H18N2O2/c1-15(11-16,9-12-7-8-12)17-14(18)19-10-13-5-3-2-4-6-13/h2-6,12H,7-10H2,1H3,(H,17,18). The number of carbonyl (C=O) groups excluding carboxylic acids is 1. The summed E-state index contributed by atoms with van der Waals surface area (Å²) in [7, 11) is 0. The molecular formula is C15H18N2O2. The number of benzene rings is 1. The summed E-state index contributed by atoms with van der Waals surface area (Å²) in [4.78, 5) is 11.7. The van der Waals surface area contributed by atoms with Gasteiger partial charge in [-0.05, 0) is 24.8 Å². The van der Waals surface area contributed by atoms with Gasteiger partial charge in [-0.25, -0.2) is 4.79 Å². The normalized spacial score (nSPS) is 17.1. The monoisotopic (exact) mass is 258 g/mol. The molecule has 1 atom stereocenters. The first-order valence-electron chi connectivity index (χ1n) is 6.51. The molecule has 2 rings (SSSR count). The van der Waals surface area contributed by atoms with Crippen LogP contribution in [-0.2, 0) is 11.3 Å². The van der Waals surface area contributed by atoms with Gasteiger partial charge in [0.1, 0.15) is 12.1 Å². The average Bonchev–Trinajstić information content (AvgIpc) is 3.21. The Morgan fingerprint density at radius 1 is 1.47 bits per heavy atom. The topological polar surface area (TPSA) is 62.1 Å². The first-order chi connectivity index (χ1) is 9.11. The van der Waals surface area contributed by atoms with Crippen molar-refractivity contribution >= 4 is 6.09 Å². The highest BCUT2D eigenvalue weighted by Crippen LogP contribution is 2.36. The first-order valence-corrected chi connectivity index (χ1v) is 6.51. The van der Waals surface area contributed by atoms with E-state index in [1.54, 1.807) is 6.92 Å². The van der Waals surface area contributed by atoms with Crippen molar-refractivity contribution in [2.24, 2.45) is 5.92 Å². The predicted molar refractivity (Wildman–Crippen MR) is 71.1 cm³/mol. The molecule has 1 aromatic rings. The SMILES string of the molecule is CC(C#N)(CC1CC1)NC(=O)OCc1ccccc1. The molecule has 0 aromatic heterocycles. The zero-order chi connectivity index (χ0) is 13.7. The zero-order valence-electron chi connectivity index (χ0n) is 11.1. The molecule has 1 aliphatic rings. The molecule has 1 saturated carbocycles. The van der Waals surface area contributed by atoms with Crippen molar-refractivity contribution in [3.63, 3.8) is 0 Å². The molecule has 0 aliphatic heterocycles. The Morgan fingerprint density at radius 3 is 2.74 bits per heavy atom. The zero-order valence-corrected chi connectivity index (χ0v) is 11.1. The molecule has 1 aromatic carbocycles.